The third-order valence-corrected chi connectivity index (χ3v) is 6.31. The minimum atomic E-state index is -0.340. The van der Waals surface area contributed by atoms with Crippen LogP contribution in [0.5, 0.6) is 0 Å². The van der Waals surface area contributed by atoms with Crippen LogP contribution in [0.4, 0.5) is 0 Å². The third kappa shape index (κ3) is 3.08. The Labute approximate surface area is 156 Å². The van der Waals surface area contributed by atoms with Crippen LogP contribution in [0.1, 0.15) is 11.4 Å². The molecule has 125 valence electrons. The normalized spacial score (nSPS) is 11.8. The Morgan fingerprint density at radius 2 is 1.84 bits per heavy atom. The van der Waals surface area contributed by atoms with Gasteiger partial charge in [0.25, 0.3) is 0 Å². The standard InChI is InChI=1S/C17H15AsClN6/c1-10-8-11(2)25(23-10)17-21-15(14-16(22-17)24(3)9-20-14)18-12-4-6-13(19)7-5-12/h4-9H,1-3H3. The number of fused-ring (bicyclic) bond motifs is 1. The molecule has 8 heteroatoms. The van der Waals surface area contributed by atoms with Crippen LogP contribution in [0, 0.1) is 13.8 Å². The topological polar surface area (TPSA) is 61.4 Å². The number of halogens is 1. The van der Waals surface area contributed by atoms with Crippen molar-refractivity contribution in [3.8, 4) is 5.95 Å². The molecule has 1 radical (unpaired) electrons. The molecule has 0 N–H and O–H groups in total. The summed E-state index contributed by atoms with van der Waals surface area (Å²) < 4.78 is 5.88. The molecule has 3 aromatic heterocycles. The van der Waals surface area contributed by atoms with Gasteiger partial charge >= 0.3 is 157 Å². The molecular weight excluding hydrogens is 399 g/mol. The van der Waals surface area contributed by atoms with Crippen LogP contribution in [0.2, 0.25) is 5.02 Å². The summed E-state index contributed by atoms with van der Waals surface area (Å²) >= 11 is 5.66. The number of hydrogen-bond donors (Lipinski definition) is 0. The Balaban J connectivity index is 1.87. The van der Waals surface area contributed by atoms with Crippen LogP contribution < -0.4 is 8.83 Å². The van der Waals surface area contributed by atoms with Gasteiger partial charge in [-0.05, 0) is 0 Å². The molecule has 4 aromatic rings. The van der Waals surface area contributed by atoms with Crippen LogP contribution in [0.15, 0.2) is 36.7 Å². The van der Waals surface area contributed by atoms with E-state index in [0.717, 1.165) is 32.1 Å². The summed E-state index contributed by atoms with van der Waals surface area (Å²) in [7, 11) is 1.94. The third-order valence-electron chi connectivity index (χ3n) is 3.79. The van der Waals surface area contributed by atoms with Gasteiger partial charge in [0.15, 0.2) is 0 Å². The molecule has 0 spiro atoms. The zero-order valence-corrected chi connectivity index (χ0v) is 16.6. The first kappa shape index (κ1) is 16.3. The average molecular weight is 414 g/mol. The van der Waals surface area contributed by atoms with Gasteiger partial charge in [-0.3, -0.25) is 0 Å². The predicted octanol–water partition coefficient (Wildman–Crippen LogP) is 1.47. The van der Waals surface area contributed by atoms with E-state index in [1.165, 1.54) is 4.35 Å². The van der Waals surface area contributed by atoms with Crippen molar-refractivity contribution in [2.75, 3.05) is 0 Å². The number of aromatic nitrogens is 6. The predicted molar refractivity (Wildman–Crippen MR) is 99.4 cm³/mol. The molecule has 0 amide bonds. The molecule has 0 aliphatic heterocycles. The molecule has 6 nitrogen and oxygen atoms in total. The van der Waals surface area contributed by atoms with Gasteiger partial charge < -0.3 is 0 Å². The number of aryl methyl sites for hydroxylation is 3. The summed E-state index contributed by atoms with van der Waals surface area (Å²) in [5.74, 6) is 0.584. The van der Waals surface area contributed by atoms with Gasteiger partial charge in [-0.15, -0.1) is 0 Å². The first-order chi connectivity index (χ1) is 12.0. The summed E-state index contributed by atoms with van der Waals surface area (Å²) in [6, 6.07) is 9.92. The average Bonchev–Trinajstić information content (AvgIpc) is 3.12. The monoisotopic (exact) mass is 413 g/mol. The first-order valence-corrected chi connectivity index (χ1v) is 9.97. The van der Waals surface area contributed by atoms with Crippen LogP contribution in [0.3, 0.4) is 0 Å². The molecule has 0 aliphatic rings. The van der Waals surface area contributed by atoms with E-state index in [1.54, 1.807) is 11.0 Å². The van der Waals surface area contributed by atoms with E-state index in [4.69, 9.17) is 16.6 Å². The number of benzene rings is 1. The van der Waals surface area contributed by atoms with Crippen molar-refractivity contribution in [1.82, 2.24) is 29.3 Å². The Hall–Kier alpha value is -2.17. The van der Waals surface area contributed by atoms with Crippen molar-refractivity contribution >= 4 is 47.3 Å². The molecule has 0 atom stereocenters. The fourth-order valence-corrected chi connectivity index (χ4v) is 4.73. The second-order valence-corrected chi connectivity index (χ2v) is 8.68. The minimum absolute atomic E-state index is 0.340. The van der Waals surface area contributed by atoms with Crippen LogP contribution >= 0.6 is 11.6 Å². The van der Waals surface area contributed by atoms with Gasteiger partial charge in [-0.25, -0.2) is 0 Å². The van der Waals surface area contributed by atoms with E-state index in [2.05, 4.69) is 15.1 Å². The van der Waals surface area contributed by atoms with Crippen molar-refractivity contribution < 1.29 is 0 Å². The molecule has 0 fully saturated rings. The Morgan fingerprint density at radius 1 is 1.08 bits per heavy atom. The van der Waals surface area contributed by atoms with Crippen LogP contribution in [0.25, 0.3) is 17.1 Å². The quantitative estimate of drug-likeness (QED) is 0.477. The van der Waals surface area contributed by atoms with Crippen LogP contribution in [-0.4, -0.2) is 45.1 Å². The van der Waals surface area contributed by atoms with Crippen LogP contribution in [-0.2, 0) is 7.05 Å². The zero-order chi connectivity index (χ0) is 17.6. The SMILES string of the molecule is Cc1cc(C)n(-c2nc([As]c3ccc(Cl)cc3)c3ncn(C)c3n2)n1. The van der Waals surface area contributed by atoms with Gasteiger partial charge in [0.2, 0.25) is 0 Å². The second kappa shape index (κ2) is 6.28. The van der Waals surface area contributed by atoms with Gasteiger partial charge in [-0.2, -0.15) is 0 Å². The molecule has 4 rings (SSSR count). The number of imidazole rings is 1. The molecule has 0 saturated heterocycles. The van der Waals surface area contributed by atoms with Crippen molar-refractivity contribution in [2.45, 2.75) is 13.8 Å². The molecule has 0 aliphatic carbocycles. The fraction of sp³-hybridized carbons (Fsp3) is 0.176. The van der Waals surface area contributed by atoms with Gasteiger partial charge in [0, 0.05) is 0 Å². The molecule has 25 heavy (non-hydrogen) atoms. The van der Waals surface area contributed by atoms with Gasteiger partial charge in [0.1, 0.15) is 0 Å². The molecule has 0 bridgehead atoms. The summed E-state index contributed by atoms with van der Waals surface area (Å²) in [4.78, 5) is 14.0. The molecule has 3 heterocycles. The number of rotatable bonds is 3. The maximum atomic E-state index is 6.00. The molecular formula is C17H15AsClN6. The van der Waals surface area contributed by atoms with E-state index in [9.17, 15) is 0 Å². The Kier molecular flexibility index (Phi) is 4.10. The summed E-state index contributed by atoms with van der Waals surface area (Å²) in [6.45, 7) is 3.97. The Bertz CT molecular complexity index is 1070. The van der Waals surface area contributed by atoms with Crippen molar-refractivity contribution in [2.24, 2.45) is 7.05 Å². The van der Waals surface area contributed by atoms with Crippen molar-refractivity contribution in [1.29, 1.82) is 0 Å². The van der Waals surface area contributed by atoms with Crippen molar-refractivity contribution in [3.05, 3.63) is 53.1 Å². The van der Waals surface area contributed by atoms with E-state index in [1.807, 2.05) is 55.8 Å². The summed E-state index contributed by atoms with van der Waals surface area (Å²) in [5.41, 5.74) is 3.62. The Morgan fingerprint density at radius 3 is 2.52 bits per heavy atom. The van der Waals surface area contributed by atoms with Crippen molar-refractivity contribution in [3.63, 3.8) is 0 Å². The van der Waals surface area contributed by atoms with E-state index < -0.39 is 0 Å². The first-order valence-electron chi connectivity index (χ1n) is 7.71. The van der Waals surface area contributed by atoms with E-state index in [0.29, 0.717) is 5.95 Å². The summed E-state index contributed by atoms with van der Waals surface area (Å²) in [6.07, 6.45) is 1.77. The number of nitrogens with zero attached hydrogens (tertiary/aromatic N) is 6. The van der Waals surface area contributed by atoms with E-state index >= 15 is 0 Å². The molecule has 1 aromatic carbocycles. The fourth-order valence-electron chi connectivity index (χ4n) is 2.62. The number of hydrogen-bond acceptors (Lipinski definition) is 4. The van der Waals surface area contributed by atoms with E-state index in [-0.39, 0.29) is 15.8 Å². The van der Waals surface area contributed by atoms with Gasteiger partial charge in [-0.1, -0.05) is 0 Å². The molecule has 0 unspecified atom stereocenters. The zero-order valence-electron chi connectivity index (χ0n) is 14.0. The second-order valence-electron chi connectivity index (χ2n) is 5.80. The summed E-state index contributed by atoms with van der Waals surface area (Å²) in [5, 5.41) is 5.25. The van der Waals surface area contributed by atoms with Gasteiger partial charge in [0.05, 0.1) is 0 Å². The molecule has 0 saturated carbocycles. The maximum absolute atomic E-state index is 6.00.